The van der Waals surface area contributed by atoms with Crippen LogP contribution in [0.25, 0.3) is 5.69 Å². The van der Waals surface area contributed by atoms with Crippen LogP contribution in [0.1, 0.15) is 11.1 Å². The van der Waals surface area contributed by atoms with E-state index in [1.807, 2.05) is 12.4 Å². The van der Waals surface area contributed by atoms with Crippen LogP contribution in [0.5, 0.6) is 0 Å². The van der Waals surface area contributed by atoms with Gasteiger partial charge in [-0.05, 0) is 37.1 Å². The van der Waals surface area contributed by atoms with Crippen molar-refractivity contribution in [3.63, 3.8) is 0 Å². The van der Waals surface area contributed by atoms with Crippen molar-refractivity contribution >= 4 is 11.8 Å². The molecule has 0 radical (unpaired) electrons. The standard InChI is InChI=1S/C13H17N3S/c1-10-7-11(2)9-12(8-10)16-5-4-15-13(16)17-6-3-14/h4-5,7-9H,3,6,14H2,1-2H3. The van der Waals surface area contributed by atoms with Crippen molar-refractivity contribution in [1.82, 2.24) is 9.55 Å². The van der Waals surface area contributed by atoms with Gasteiger partial charge in [0.15, 0.2) is 5.16 Å². The van der Waals surface area contributed by atoms with Gasteiger partial charge in [-0.3, -0.25) is 4.57 Å². The van der Waals surface area contributed by atoms with Crippen LogP contribution >= 0.6 is 11.8 Å². The van der Waals surface area contributed by atoms with Gasteiger partial charge in [-0.25, -0.2) is 4.98 Å². The van der Waals surface area contributed by atoms with Crippen molar-refractivity contribution in [2.24, 2.45) is 5.73 Å². The molecule has 2 aromatic rings. The lowest BCUT2D eigenvalue weighted by atomic mass is 10.1. The molecule has 17 heavy (non-hydrogen) atoms. The maximum absolute atomic E-state index is 5.52. The van der Waals surface area contributed by atoms with Crippen molar-refractivity contribution < 1.29 is 0 Å². The first-order valence-electron chi connectivity index (χ1n) is 5.65. The summed E-state index contributed by atoms with van der Waals surface area (Å²) in [6.07, 6.45) is 3.82. The predicted octanol–water partition coefficient (Wildman–Crippen LogP) is 2.54. The van der Waals surface area contributed by atoms with Crippen LogP contribution < -0.4 is 5.73 Å². The number of nitrogens with two attached hydrogens (primary N) is 1. The SMILES string of the molecule is Cc1cc(C)cc(-n2ccnc2SCCN)c1. The molecule has 0 aliphatic rings. The van der Waals surface area contributed by atoms with Gasteiger partial charge < -0.3 is 5.73 Å². The topological polar surface area (TPSA) is 43.8 Å². The summed E-state index contributed by atoms with van der Waals surface area (Å²) in [5, 5.41) is 1.00. The van der Waals surface area contributed by atoms with Crippen molar-refractivity contribution in [2.75, 3.05) is 12.3 Å². The fraction of sp³-hybridized carbons (Fsp3) is 0.308. The molecule has 0 saturated carbocycles. The Labute approximate surface area is 106 Å². The Hall–Kier alpha value is -1.26. The van der Waals surface area contributed by atoms with Crippen LogP contribution in [0.4, 0.5) is 0 Å². The highest BCUT2D eigenvalue weighted by Gasteiger charge is 2.05. The van der Waals surface area contributed by atoms with E-state index in [4.69, 9.17) is 5.73 Å². The van der Waals surface area contributed by atoms with Gasteiger partial charge in [0, 0.05) is 30.4 Å². The molecule has 0 fully saturated rings. The highest BCUT2D eigenvalue weighted by atomic mass is 32.2. The van der Waals surface area contributed by atoms with Gasteiger partial charge in [-0.1, -0.05) is 17.8 Å². The van der Waals surface area contributed by atoms with Gasteiger partial charge >= 0.3 is 0 Å². The van der Waals surface area contributed by atoms with Gasteiger partial charge in [0.25, 0.3) is 0 Å². The number of aromatic nitrogens is 2. The zero-order valence-electron chi connectivity index (χ0n) is 10.2. The monoisotopic (exact) mass is 247 g/mol. The number of nitrogens with zero attached hydrogens (tertiary/aromatic N) is 2. The molecule has 0 aliphatic carbocycles. The molecular weight excluding hydrogens is 230 g/mol. The molecule has 1 heterocycles. The molecule has 0 bridgehead atoms. The van der Waals surface area contributed by atoms with Crippen molar-refractivity contribution in [1.29, 1.82) is 0 Å². The first kappa shape index (κ1) is 12.2. The first-order valence-corrected chi connectivity index (χ1v) is 6.64. The second-order valence-electron chi connectivity index (χ2n) is 4.06. The molecule has 2 rings (SSSR count). The van der Waals surface area contributed by atoms with Gasteiger partial charge in [-0.15, -0.1) is 0 Å². The summed E-state index contributed by atoms with van der Waals surface area (Å²) in [5.41, 5.74) is 9.22. The Bertz CT molecular complexity index is 485. The van der Waals surface area contributed by atoms with E-state index in [1.165, 1.54) is 16.8 Å². The molecular formula is C13H17N3S. The van der Waals surface area contributed by atoms with E-state index in [-0.39, 0.29) is 0 Å². The summed E-state index contributed by atoms with van der Waals surface area (Å²) in [4.78, 5) is 4.36. The molecule has 90 valence electrons. The zero-order chi connectivity index (χ0) is 12.3. The minimum Gasteiger partial charge on any atom is -0.330 e. The summed E-state index contributed by atoms with van der Waals surface area (Å²) in [6, 6.07) is 6.51. The molecule has 1 aromatic carbocycles. The number of thioether (sulfide) groups is 1. The first-order chi connectivity index (χ1) is 8.20. The Balaban J connectivity index is 2.35. The third-order valence-corrected chi connectivity index (χ3v) is 3.44. The smallest absolute Gasteiger partial charge is 0.172 e. The average molecular weight is 247 g/mol. The summed E-state index contributed by atoms with van der Waals surface area (Å²) < 4.78 is 2.11. The molecule has 0 atom stereocenters. The van der Waals surface area contributed by atoms with E-state index >= 15 is 0 Å². The molecule has 0 aliphatic heterocycles. The molecule has 0 saturated heterocycles. The minimum atomic E-state index is 0.671. The lowest BCUT2D eigenvalue weighted by Gasteiger charge is -2.09. The number of hydrogen-bond acceptors (Lipinski definition) is 3. The van der Waals surface area contributed by atoms with Gasteiger partial charge in [-0.2, -0.15) is 0 Å². The molecule has 3 nitrogen and oxygen atoms in total. The molecule has 2 N–H and O–H groups in total. The maximum atomic E-state index is 5.52. The molecule has 4 heteroatoms. The second kappa shape index (κ2) is 5.38. The van der Waals surface area contributed by atoms with E-state index in [2.05, 4.69) is 41.6 Å². The Morgan fingerprint density at radius 1 is 1.24 bits per heavy atom. The van der Waals surface area contributed by atoms with E-state index < -0.39 is 0 Å². The Kier molecular flexibility index (Phi) is 3.86. The largest absolute Gasteiger partial charge is 0.330 e. The lowest BCUT2D eigenvalue weighted by molar-refractivity contribution is 0.891. The Morgan fingerprint density at radius 2 is 1.94 bits per heavy atom. The number of rotatable bonds is 4. The summed E-state index contributed by atoms with van der Waals surface area (Å²) >= 11 is 1.69. The number of imidazole rings is 1. The zero-order valence-corrected chi connectivity index (χ0v) is 11.0. The number of benzene rings is 1. The maximum Gasteiger partial charge on any atom is 0.172 e. The second-order valence-corrected chi connectivity index (χ2v) is 5.12. The van der Waals surface area contributed by atoms with E-state index in [0.717, 1.165) is 10.9 Å². The third kappa shape index (κ3) is 2.90. The third-order valence-electron chi connectivity index (χ3n) is 2.44. The summed E-state index contributed by atoms with van der Waals surface area (Å²) in [7, 11) is 0. The van der Waals surface area contributed by atoms with Crippen LogP contribution in [-0.2, 0) is 0 Å². The van der Waals surface area contributed by atoms with Crippen molar-refractivity contribution in [3.8, 4) is 5.69 Å². The summed E-state index contributed by atoms with van der Waals surface area (Å²) in [5.74, 6) is 0.891. The quantitative estimate of drug-likeness (QED) is 0.844. The van der Waals surface area contributed by atoms with Crippen molar-refractivity contribution in [2.45, 2.75) is 19.0 Å². The van der Waals surface area contributed by atoms with Gasteiger partial charge in [0.05, 0.1) is 0 Å². The van der Waals surface area contributed by atoms with Crippen LogP contribution in [-0.4, -0.2) is 21.8 Å². The van der Waals surface area contributed by atoms with Crippen molar-refractivity contribution in [3.05, 3.63) is 41.7 Å². The fourth-order valence-corrected chi connectivity index (χ4v) is 2.57. The highest BCUT2D eigenvalue weighted by molar-refractivity contribution is 7.99. The molecule has 1 aromatic heterocycles. The van der Waals surface area contributed by atoms with Gasteiger partial charge in [0.1, 0.15) is 0 Å². The predicted molar refractivity (Wildman–Crippen MR) is 72.8 cm³/mol. The average Bonchev–Trinajstić information content (AvgIpc) is 2.73. The van der Waals surface area contributed by atoms with E-state index in [9.17, 15) is 0 Å². The number of aryl methyl sites for hydroxylation is 2. The van der Waals surface area contributed by atoms with Crippen LogP contribution in [0.15, 0.2) is 35.7 Å². The van der Waals surface area contributed by atoms with Crippen LogP contribution in [0, 0.1) is 13.8 Å². The Morgan fingerprint density at radius 3 is 2.59 bits per heavy atom. The van der Waals surface area contributed by atoms with E-state index in [1.54, 1.807) is 11.8 Å². The number of hydrogen-bond donors (Lipinski definition) is 1. The normalized spacial score (nSPS) is 10.8. The van der Waals surface area contributed by atoms with E-state index in [0.29, 0.717) is 6.54 Å². The minimum absolute atomic E-state index is 0.671. The molecule has 0 amide bonds. The van der Waals surface area contributed by atoms with Gasteiger partial charge in [0.2, 0.25) is 0 Å². The fourth-order valence-electron chi connectivity index (χ4n) is 1.83. The van der Waals surface area contributed by atoms with Crippen LogP contribution in [0.3, 0.4) is 0 Å². The summed E-state index contributed by atoms with van der Waals surface area (Å²) in [6.45, 7) is 4.89. The highest BCUT2D eigenvalue weighted by Crippen LogP contribution is 2.21. The molecule has 0 spiro atoms. The lowest BCUT2D eigenvalue weighted by Crippen LogP contribution is -2.03. The molecule has 0 unspecified atom stereocenters. The van der Waals surface area contributed by atoms with Crippen LogP contribution in [0.2, 0.25) is 0 Å².